The second-order valence-electron chi connectivity index (χ2n) is 9.92. The van der Waals surface area contributed by atoms with Gasteiger partial charge in [-0.25, -0.2) is 0 Å². The summed E-state index contributed by atoms with van der Waals surface area (Å²) in [6.07, 6.45) is 32.6. The first-order valence-electron chi connectivity index (χ1n) is 13.9. The molecule has 0 bridgehead atoms. The smallest absolute Gasteiger partial charge is 0.303 e. The van der Waals surface area contributed by atoms with E-state index in [4.69, 9.17) is 5.11 Å². The lowest BCUT2D eigenvalue weighted by atomic mass is 9.99. The van der Waals surface area contributed by atoms with E-state index >= 15 is 0 Å². The van der Waals surface area contributed by atoms with E-state index in [9.17, 15) is 4.79 Å². The van der Waals surface area contributed by atoms with Crippen LogP contribution in [0.25, 0.3) is 0 Å². The predicted octanol–water partition coefficient (Wildman–Crippen LogP) is 10.1. The lowest BCUT2D eigenvalue weighted by molar-refractivity contribution is -0.138. The van der Waals surface area contributed by atoms with Gasteiger partial charge >= 0.3 is 5.97 Å². The fraction of sp³-hybridized carbons (Fsp3) is 0.964. The molecule has 0 amide bonds. The molecule has 1 atom stereocenters. The van der Waals surface area contributed by atoms with Crippen LogP contribution in [0.4, 0.5) is 0 Å². The average Bonchev–Trinajstić information content (AvgIpc) is 2.71. The van der Waals surface area contributed by atoms with Crippen molar-refractivity contribution in [3.8, 4) is 0 Å². The highest BCUT2D eigenvalue weighted by Crippen LogP contribution is 2.17. The molecule has 0 aromatic heterocycles. The molecule has 0 aromatic rings. The summed E-state index contributed by atoms with van der Waals surface area (Å²) in [4.78, 5) is 10.6. The topological polar surface area (TPSA) is 37.3 Å². The Balaban J connectivity index is 3.06. The zero-order valence-corrected chi connectivity index (χ0v) is 20.9. The molecule has 0 unspecified atom stereocenters. The molecule has 0 rings (SSSR count). The number of carboxylic acids is 1. The van der Waals surface area contributed by atoms with Gasteiger partial charge in [0.05, 0.1) is 0 Å². The van der Waals surface area contributed by atoms with Gasteiger partial charge in [-0.3, -0.25) is 4.79 Å². The summed E-state index contributed by atoms with van der Waals surface area (Å²) in [5, 5.41) is 8.76. The Hall–Kier alpha value is -0.530. The molecular weight excluding hydrogens is 368 g/mol. The van der Waals surface area contributed by atoms with Crippen LogP contribution < -0.4 is 0 Å². The molecule has 1 N–H and O–H groups in total. The Bertz CT molecular complexity index is 340. The Kier molecular flexibility index (Phi) is 24.3. The molecule has 0 spiro atoms. The van der Waals surface area contributed by atoms with E-state index in [2.05, 4.69) is 13.8 Å². The first kappa shape index (κ1) is 29.5. The quantitative estimate of drug-likeness (QED) is 0.148. The van der Waals surface area contributed by atoms with Gasteiger partial charge in [-0.1, -0.05) is 162 Å². The van der Waals surface area contributed by atoms with Gasteiger partial charge in [0.25, 0.3) is 0 Å². The van der Waals surface area contributed by atoms with Gasteiger partial charge in [0.2, 0.25) is 0 Å². The van der Waals surface area contributed by atoms with E-state index in [1.807, 2.05) is 0 Å². The summed E-state index contributed by atoms with van der Waals surface area (Å²) in [6, 6.07) is 0. The SMILES string of the molecule is CCCCCCCCCCCCCCCCCCCCCCCC[C@@H](C)CC(=O)O. The molecule has 0 aliphatic carbocycles. The molecule has 2 nitrogen and oxygen atoms in total. The second kappa shape index (κ2) is 24.7. The maximum atomic E-state index is 10.6. The van der Waals surface area contributed by atoms with Gasteiger partial charge in [-0.15, -0.1) is 0 Å². The highest BCUT2D eigenvalue weighted by molar-refractivity contribution is 5.66. The van der Waals surface area contributed by atoms with Crippen LogP contribution in [0.15, 0.2) is 0 Å². The largest absolute Gasteiger partial charge is 0.481 e. The van der Waals surface area contributed by atoms with Gasteiger partial charge in [0.15, 0.2) is 0 Å². The van der Waals surface area contributed by atoms with Crippen LogP contribution in [-0.2, 0) is 4.79 Å². The van der Waals surface area contributed by atoms with Gasteiger partial charge < -0.3 is 5.11 Å². The van der Waals surface area contributed by atoms with Gasteiger partial charge in [-0.05, 0) is 5.92 Å². The van der Waals surface area contributed by atoms with Crippen LogP contribution in [0.2, 0.25) is 0 Å². The summed E-state index contributed by atoms with van der Waals surface area (Å²) in [5.74, 6) is -0.311. The minimum absolute atomic E-state index is 0.333. The summed E-state index contributed by atoms with van der Waals surface area (Å²) in [7, 11) is 0. The number of carboxylic acid groups (broad SMARTS) is 1. The van der Waals surface area contributed by atoms with Crippen LogP contribution in [0.5, 0.6) is 0 Å². The summed E-state index contributed by atoms with van der Waals surface area (Å²) >= 11 is 0. The molecular formula is C28H56O2. The molecule has 0 saturated carbocycles. The highest BCUT2D eigenvalue weighted by atomic mass is 16.4. The summed E-state index contributed by atoms with van der Waals surface area (Å²) < 4.78 is 0. The van der Waals surface area contributed by atoms with Crippen molar-refractivity contribution in [2.75, 3.05) is 0 Å². The maximum Gasteiger partial charge on any atom is 0.303 e. The number of aliphatic carboxylic acids is 1. The van der Waals surface area contributed by atoms with E-state index in [0.29, 0.717) is 12.3 Å². The fourth-order valence-electron chi connectivity index (χ4n) is 4.50. The van der Waals surface area contributed by atoms with Crippen molar-refractivity contribution < 1.29 is 9.90 Å². The standard InChI is InChI=1S/C28H56O2/c1-3-4-5-6-7-8-9-10-11-12-13-14-15-16-17-18-19-20-21-22-23-24-25-27(2)26-28(29)30/h27H,3-26H2,1-2H3,(H,29,30)/t27-/m1/s1. The van der Waals surface area contributed by atoms with Crippen molar-refractivity contribution in [2.45, 2.75) is 168 Å². The van der Waals surface area contributed by atoms with Crippen LogP contribution in [0, 0.1) is 5.92 Å². The normalized spacial score (nSPS) is 12.3. The van der Waals surface area contributed by atoms with E-state index < -0.39 is 5.97 Å². The van der Waals surface area contributed by atoms with Crippen molar-refractivity contribution in [3.63, 3.8) is 0 Å². The van der Waals surface area contributed by atoms with E-state index in [-0.39, 0.29) is 0 Å². The highest BCUT2D eigenvalue weighted by Gasteiger charge is 2.06. The average molecular weight is 425 g/mol. The Morgan fingerprint density at radius 1 is 0.533 bits per heavy atom. The minimum atomic E-state index is -0.652. The van der Waals surface area contributed by atoms with Crippen molar-refractivity contribution in [1.82, 2.24) is 0 Å². The summed E-state index contributed by atoms with van der Waals surface area (Å²) in [5.41, 5.74) is 0. The van der Waals surface area contributed by atoms with Crippen LogP contribution in [-0.4, -0.2) is 11.1 Å². The van der Waals surface area contributed by atoms with Gasteiger partial charge in [-0.2, -0.15) is 0 Å². The third-order valence-corrected chi connectivity index (χ3v) is 6.57. The van der Waals surface area contributed by atoms with E-state index in [1.54, 1.807) is 0 Å². The molecule has 30 heavy (non-hydrogen) atoms. The lowest BCUT2D eigenvalue weighted by Gasteiger charge is -2.08. The molecule has 2 heteroatoms. The number of carbonyl (C=O) groups is 1. The van der Waals surface area contributed by atoms with Crippen molar-refractivity contribution >= 4 is 5.97 Å². The van der Waals surface area contributed by atoms with Crippen LogP contribution in [0.3, 0.4) is 0 Å². The van der Waals surface area contributed by atoms with Gasteiger partial charge in [0, 0.05) is 6.42 Å². The third kappa shape index (κ3) is 25.5. The zero-order valence-electron chi connectivity index (χ0n) is 20.9. The Labute approximate surface area is 190 Å². The minimum Gasteiger partial charge on any atom is -0.481 e. The first-order chi connectivity index (χ1) is 14.7. The first-order valence-corrected chi connectivity index (χ1v) is 13.9. The van der Waals surface area contributed by atoms with E-state index in [1.165, 1.54) is 141 Å². The monoisotopic (exact) mass is 424 g/mol. The molecule has 180 valence electrons. The second-order valence-corrected chi connectivity index (χ2v) is 9.92. The fourth-order valence-corrected chi connectivity index (χ4v) is 4.50. The van der Waals surface area contributed by atoms with Crippen molar-refractivity contribution in [2.24, 2.45) is 5.92 Å². The Morgan fingerprint density at radius 2 is 0.800 bits per heavy atom. The molecule has 0 heterocycles. The molecule has 0 fully saturated rings. The predicted molar refractivity (Wildman–Crippen MR) is 133 cm³/mol. The third-order valence-electron chi connectivity index (χ3n) is 6.57. The number of unbranched alkanes of at least 4 members (excludes halogenated alkanes) is 21. The molecule has 0 aromatic carbocycles. The van der Waals surface area contributed by atoms with Crippen LogP contribution >= 0.6 is 0 Å². The number of hydrogen-bond acceptors (Lipinski definition) is 1. The lowest BCUT2D eigenvalue weighted by Crippen LogP contribution is -2.03. The van der Waals surface area contributed by atoms with Gasteiger partial charge in [0.1, 0.15) is 0 Å². The zero-order chi connectivity index (χ0) is 22.1. The number of rotatable bonds is 25. The molecule has 0 aliphatic rings. The molecule has 0 aliphatic heterocycles. The maximum absolute atomic E-state index is 10.6. The molecule has 0 radical (unpaired) electrons. The summed E-state index contributed by atoms with van der Waals surface area (Å²) in [6.45, 7) is 4.35. The Morgan fingerprint density at radius 3 is 1.07 bits per heavy atom. The van der Waals surface area contributed by atoms with E-state index in [0.717, 1.165) is 6.42 Å². The van der Waals surface area contributed by atoms with Crippen molar-refractivity contribution in [3.05, 3.63) is 0 Å². The molecule has 0 saturated heterocycles. The van der Waals surface area contributed by atoms with Crippen molar-refractivity contribution in [1.29, 1.82) is 0 Å². The van der Waals surface area contributed by atoms with Crippen LogP contribution in [0.1, 0.15) is 168 Å². The number of hydrogen-bond donors (Lipinski definition) is 1.